The minimum atomic E-state index is -0.921. The molecule has 2 aliphatic heterocycles. The van der Waals surface area contributed by atoms with Crippen LogP contribution in [-0.2, 0) is 29.0 Å². The number of piperidine rings is 1. The Morgan fingerprint density at radius 2 is 1.77 bits per heavy atom. The van der Waals surface area contributed by atoms with E-state index >= 15 is 0 Å². The highest BCUT2D eigenvalue weighted by molar-refractivity contribution is 5.72. The van der Waals surface area contributed by atoms with E-state index < -0.39 is 23.1 Å². The number of methoxy groups -OCH3 is 3. The lowest BCUT2D eigenvalue weighted by Crippen LogP contribution is -2.46. The second-order valence-corrected chi connectivity index (χ2v) is 12.3. The first-order valence-corrected chi connectivity index (χ1v) is 16.0. The van der Waals surface area contributed by atoms with Gasteiger partial charge in [0.25, 0.3) is 5.56 Å². The number of ether oxygens (including phenoxy) is 4. The zero-order valence-corrected chi connectivity index (χ0v) is 27.3. The molecule has 1 N–H and O–H groups in total. The van der Waals surface area contributed by atoms with E-state index in [2.05, 4.69) is 4.90 Å². The fraction of sp³-hybridized carbons (Fsp3) is 0.378. The summed E-state index contributed by atoms with van der Waals surface area (Å²) in [4.78, 5) is 40.7. The van der Waals surface area contributed by atoms with Gasteiger partial charge in [-0.3, -0.25) is 19.3 Å². The summed E-state index contributed by atoms with van der Waals surface area (Å²) in [6.45, 7) is 2.66. The minimum absolute atomic E-state index is 0.0168. The number of carbonyl (C=O) groups excluding carboxylic acids is 1. The van der Waals surface area contributed by atoms with Crippen LogP contribution < -0.4 is 25.2 Å². The zero-order valence-electron chi connectivity index (χ0n) is 27.3. The van der Waals surface area contributed by atoms with Gasteiger partial charge in [0.1, 0.15) is 11.5 Å². The van der Waals surface area contributed by atoms with Gasteiger partial charge < -0.3 is 33.0 Å². The van der Waals surface area contributed by atoms with Crippen molar-refractivity contribution in [1.29, 1.82) is 0 Å². The van der Waals surface area contributed by atoms with Gasteiger partial charge in [0, 0.05) is 55.4 Å². The van der Waals surface area contributed by atoms with Crippen molar-refractivity contribution < 1.29 is 33.3 Å². The Kier molecular flexibility index (Phi) is 9.86. The first-order valence-electron chi connectivity index (χ1n) is 16.0. The van der Waals surface area contributed by atoms with Gasteiger partial charge in [0.05, 0.1) is 46.8 Å². The maximum Gasteiger partial charge on any atom is 0.306 e. The van der Waals surface area contributed by atoms with Gasteiger partial charge in [-0.15, -0.1) is 0 Å². The number of likely N-dealkylation sites (tertiary alicyclic amines) is 1. The van der Waals surface area contributed by atoms with E-state index in [1.807, 2.05) is 34.9 Å². The Morgan fingerprint density at radius 3 is 2.52 bits per heavy atom. The van der Waals surface area contributed by atoms with Crippen LogP contribution in [0.3, 0.4) is 0 Å². The number of pyridine rings is 1. The third kappa shape index (κ3) is 6.96. The van der Waals surface area contributed by atoms with Crippen LogP contribution in [0.25, 0.3) is 0 Å². The molecule has 2 aromatic carbocycles. The topological polar surface area (TPSA) is 130 Å². The number of hydrogen-bond donors (Lipinski definition) is 1. The monoisotopic (exact) mass is 656 g/mol. The Labute approximate surface area is 278 Å². The lowest BCUT2D eigenvalue weighted by molar-refractivity contribution is -0.140. The molecule has 1 fully saturated rings. The molecule has 0 saturated carbocycles. The van der Waals surface area contributed by atoms with Gasteiger partial charge in [-0.1, -0.05) is 30.3 Å². The summed E-state index contributed by atoms with van der Waals surface area (Å²) in [5, 5.41) is 11.1. The van der Waals surface area contributed by atoms with E-state index in [-0.39, 0.29) is 36.2 Å². The summed E-state index contributed by atoms with van der Waals surface area (Å²) in [7, 11) is 4.42. The molecule has 11 nitrogen and oxygen atoms in total. The summed E-state index contributed by atoms with van der Waals surface area (Å²) >= 11 is 0. The number of aromatic nitrogens is 1. The molecule has 0 radical (unpaired) electrons. The van der Waals surface area contributed by atoms with Crippen LogP contribution in [0.15, 0.2) is 80.7 Å². The summed E-state index contributed by atoms with van der Waals surface area (Å²) in [5.74, 6) is 0.255. The molecule has 48 heavy (non-hydrogen) atoms. The normalized spacial score (nSPS) is 17.6. The first kappa shape index (κ1) is 32.9. The predicted octanol–water partition coefficient (Wildman–Crippen LogP) is 4.46. The number of fused-ring (bicyclic) bond motifs is 4. The van der Waals surface area contributed by atoms with Gasteiger partial charge in [-0.25, -0.2) is 0 Å². The molecule has 2 aromatic heterocycles. The molecule has 1 unspecified atom stereocenters. The highest BCUT2D eigenvalue weighted by Gasteiger charge is 2.35. The number of hydrogen-bond acceptors (Lipinski definition) is 10. The summed E-state index contributed by atoms with van der Waals surface area (Å²) in [6.07, 6.45) is 1.34. The number of aromatic hydroxyl groups is 1. The standard InChI is InChI=1S/C37H40N2O9/c1-44-26-12-10-23(11-13-26)14-15-47-36-28(6-4-8-32(36)45-2)29(18-34(42)46-3)37-35(43)31(40)17-27(48-37)22-38-19-24-16-25(21-38)30-7-5-9-33(41)39(30)20-24/h4-13,17,24-25,29,43H,14-16,18-22H2,1-3H3/t24-,25+,29?/m1/s1. The van der Waals surface area contributed by atoms with Gasteiger partial charge >= 0.3 is 5.97 Å². The van der Waals surface area contributed by atoms with E-state index in [9.17, 15) is 19.5 Å². The van der Waals surface area contributed by atoms with Crippen molar-refractivity contribution >= 4 is 5.97 Å². The molecule has 252 valence electrons. The fourth-order valence-corrected chi connectivity index (χ4v) is 6.99. The van der Waals surface area contributed by atoms with Crippen LogP contribution in [-0.4, -0.2) is 61.6 Å². The number of benzene rings is 2. The van der Waals surface area contributed by atoms with Crippen molar-refractivity contribution in [2.45, 2.75) is 44.2 Å². The van der Waals surface area contributed by atoms with Crippen molar-refractivity contribution in [2.24, 2.45) is 5.92 Å². The third-order valence-corrected chi connectivity index (χ3v) is 9.25. The van der Waals surface area contributed by atoms with E-state index in [0.29, 0.717) is 48.9 Å². The molecular formula is C37H40N2O9. The number of rotatable bonds is 12. The van der Waals surface area contributed by atoms with Crippen LogP contribution >= 0.6 is 0 Å². The number of nitrogens with zero attached hydrogens (tertiary/aromatic N) is 2. The molecule has 6 rings (SSSR count). The van der Waals surface area contributed by atoms with Crippen LogP contribution in [0.4, 0.5) is 0 Å². The predicted molar refractivity (Wildman–Crippen MR) is 177 cm³/mol. The average Bonchev–Trinajstić information content (AvgIpc) is 3.09. The first-order chi connectivity index (χ1) is 23.3. The third-order valence-electron chi connectivity index (χ3n) is 9.25. The molecule has 2 aliphatic rings. The van der Waals surface area contributed by atoms with Crippen LogP contribution in [0.1, 0.15) is 53.0 Å². The van der Waals surface area contributed by atoms with Crippen molar-refractivity contribution in [3.05, 3.63) is 116 Å². The molecule has 0 spiro atoms. The number of carbonyl (C=O) groups is 1. The summed E-state index contributed by atoms with van der Waals surface area (Å²) in [5.41, 5.74) is 1.96. The zero-order chi connectivity index (χ0) is 33.8. The van der Waals surface area contributed by atoms with Crippen molar-refractivity contribution in [3.8, 4) is 23.0 Å². The van der Waals surface area contributed by atoms with E-state index in [4.69, 9.17) is 23.4 Å². The molecule has 3 atom stereocenters. The molecular weight excluding hydrogens is 616 g/mol. The average molecular weight is 657 g/mol. The van der Waals surface area contributed by atoms with Gasteiger partial charge in [-0.2, -0.15) is 0 Å². The lowest BCUT2D eigenvalue weighted by atomic mass is 9.83. The van der Waals surface area contributed by atoms with Crippen LogP contribution in [0, 0.1) is 5.92 Å². The molecule has 11 heteroatoms. The van der Waals surface area contributed by atoms with Crippen molar-refractivity contribution in [3.63, 3.8) is 0 Å². The second kappa shape index (κ2) is 14.4. The van der Waals surface area contributed by atoms with Crippen molar-refractivity contribution in [1.82, 2.24) is 9.47 Å². The van der Waals surface area contributed by atoms with E-state index in [0.717, 1.165) is 30.0 Å². The molecule has 4 heterocycles. The van der Waals surface area contributed by atoms with Gasteiger partial charge in [0.2, 0.25) is 11.2 Å². The fourth-order valence-electron chi connectivity index (χ4n) is 6.99. The molecule has 1 saturated heterocycles. The smallest absolute Gasteiger partial charge is 0.306 e. The molecule has 0 aliphatic carbocycles. The van der Waals surface area contributed by atoms with E-state index in [1.165, 1.54) is 20.3 Å². The van der Waals surface area contributed by atoms with Crippen LogP contribution in [0.2, 0.25) is 0 Å². The lowest BCUT2D eigenvalue weighted by Gasteiger charge is -2.42. The number of esters is 1. The van der Waals surface area contributed by atoms with Gasteiger partial charge in [0.15, 0.2) is 17.3 Å². The molecule has 2 bridgehead atoms. The quantitative estimate of drug-likeness (QED) is 0.218. The molecule has 0 amide bonds. The highest BCUT2D eigenvalue weighted by atomic mass is 16.5. The largest absolute Gasteiger partial charge is 0.502 e. The SMILES string of the molecule is COC(=O)CC(c1cccc(OC)c1OCCc1ccc(OC)cc1)c1oc(CN2C[C@H]3C[C@@H](C2)c2cccc(=O)n2C3)cc(=O)c1O. The van der Waals surface area contributed by atoms with Crippen molar-refractivity contribution in [2.75, 3.05) is 41.0 Å². The van der Waals surface area contributed by atoms with Crippen LogP contribution in [0.5, 0.6) is 23.0 Å². The Balaban J connectivity index is 1.30. The summed E-state index contributed by atoms with van der Waals surface area (Å²) < 4.78 is 30.4. The maximum atomic E-state index is 13.2. The number of para-hydroxylation sites is 1. The Hall–Kier alpha value is -5.03. The second-order valence-electron chi connectivity index (χ2n) is 12.3. The molecule has 4 aromatic rings. The highest BCUT2D eigenvalue weighted by Crippen LogP contribution is 2.43. The maximum absolute atomic E-state index is 13.2. The Morgan fingerprint density at radius 1 is 0.979 bits per heavy atom. The Bertz CT molecular complexity index is 1880. The summed E-state index contributed by atoms with van der Waals surface area (Å²) in [6, 6.07) is 19.6. The van der Waals surface area contributed by atoms with E-state index in [1.54, 1.807) is 37.4 Å². The minimum Gasteiger partial charge on any atom is -0.502 e. The van der Waals surface area contributed by atoms with Gasteiger partial charge in [-0.05, 0) is 42.2 Å².